The monoisotopic (exact) mass is 519 g/mol. The number of benzene rings is 2. The molecule has 0 radical (unpaired) electrons. The number of pyridine rings is 1. The molecule has 1 saturated heterocycles. The highest BCUT2D eigenvalue weighted by Crippen LogP contribution is 2.36. The summed E-state index contributed by atoms with van der Waals surface area (Å²) in [6, 6.07) is 20.0. The van der Waals surface area contributed by atoms with Crippen LogP contribution in [0.2, 0.25) is 5.02 Å². The number of rotatable bonds is 5. The van der Waals surface area contributed by atoms with Crippen LogP contribution in [0.15, 0.2) is 82.6 Å². The van der Waals surface area contributed by atoms with Crippen LogP contribution in [-0.2, 0) is 11.3 Å². The molecule has 1 aliphatic rings. The van der Waals surface area contributed by atoms with Gasteiger partial charge < -0.3 is 4.74 Å². The molecule has 0 N–H and O–H groups in total. The molecule has 0 unspecified atom stereocenters. The van der Waals surface area contributed by atoms with Crippen molar-refractivity contribution in [2.45, 2.75) is 13.5 Å². The summed E-state index contributed by atoms with van der Waals surface area (Å²) in [5.41, 5.74) is 1.91. The Morgan fingerprint density at radius 2 is 1.80 bits per heavy atom. The molecule has 174 valence electrons. The number of carbonyl (C=O) groups excluding carboxylic acids is 1. The predicted octanol–water partition coefficient (Wildman–Crippen LogP) is 5.85. The number of fused-ring (bicyclic) bond motifs is 1. The highest BCUT2D eigenvalue weighted by atomic mass is 35.5. The minimum Gasteiger partial charge on any atom is -0.438 e. The molecule has 3 heterocycles. The minimum absolute atomic E-state index is 0.117. The van der Waals surface area contributed by atoms with Crippen molar-refractivity contribution in [2.24, 2.45) is 0 Å². The number of nitrogens with zero attached hydrogens (tertiary/aromatic N) is 3. The maximum atomic E-state index is 13.4. The number of thioether (sulfide) groups is 1. The van der Waals surface area contributed by atoms with Gasteiger partial charge in [-0.15, -0.1) is 0 Å². The first-order valence-corrected chi connectivity index (χ1v) is 12.3. The number of ether oxygens (including phenoxy) is 1. The van der Waals surface area contributed by atoms with Crippen molar-refractivity contribution in [3.63, 3.8) is 0 Å². The van der Waals surface area contributed by atoms with Gasteiger partial charge in [-0.3, -0.25) is 18.9 Å². The molecule has 2 aromatic heterocycles. The van der Waals surface area contributed by atoms with Crippen LogP contribution in [0.25, 0.3) is 11.7 Å². The van der Waals surface area contributed by atoms with Crippen molar-refractivity contribution >= 4 is 57.5 Å². The quantitative estimate of drug-likeness (QED) is 0.243. The number of aromatic nitrogens is 2. The van der Waals surface area contributed by atoms with Gasteiger partial charge in [0.25, 0.3) is 11.5 Å². The van der Waals surface area contributed by atoms with Gasteiger partial charge in [-0.25, -0.2) is 0 Å². The molecule has 1 fully saturated rings. The second-order valence-electron chi connectivity index (χ2n) is 7.79. The zero-order valence-corrected chi connectivity index (χ0v) is 20.9. The van der Waals surface area contributed by atoms with Crippen LogP contribution in [0.4, 0.5) is 0 Å². The van der Waals surface area contributed by atoms with Gasteiger partial charge in [-0.1, -0.05) is 78.0 Å². The third-order valence-electron chi connectivity index (χ3n) is 5.47. The molecule has 1 amide bonds. The zero-order chi connectivity index (χ0) is 24.5. The number of para-hydroxylation sites is 1. The highest BCUT2D eigenvalue weighted by Gasteiger charge is 2.33. The van der Waals surface area contributed by atoms with Crippen LogP contribution in [0.5, 0.6) is 11.6 Å². The lowest BCUT2D eigenvalue weighted by molar-refractivity contribution is -0.122. The van der Waals surface area contributed by atoms with Crippen LogP contribution in [0.1, 0.15) is 16.7 Å². The lowest BCUT2D eigenvalue weighted by atomic mass is 10.2. The summed E-state index contributed by atoms with van der Waals surface area (Å²) in [6.45, 7) is 2.14. The third kappa shape index (κ3) is 4.60. The van der Waals surface area contributed by atoms with Crippen LogP contribution >= 0.6 is 35.6 Å². The second kappa shape index (κ2) is 9.65. The average Bonchev–Trinajstić information content (AvgIpc) is 3.11. The minimum atomic E-state index is -0.351. The third-order valence-corrected chi connectivity index (χ3v) is 7.22. The van der Waals surface area contributed by atoms with Gasteiger partial charge in [-0.2, -0.15) is 4.98 Å². The summed E-state index contributed by atoms with van der Waals surface area (Å²) in [6.07, 6.45) is 3.14. The van der Waals surface area contributed by atoms with E-state index in [-0.39, 0.29) is 29.5 Å². The number of amides is 1. The van der Waals surface area contributed by atoms with Crippen molar-refractivity contribution < 1.29 is 9.53 Å². The Morgan fingerprint density at radius 1 is 1.06 bits per heavy atom. The van der Waals surface area contributed by atoms with E-state index in [2.05, 4.69) is 4.98 Å². The predicted molar refractivity (Wildman–Crippen MR) is 143 cm³/mol. The van der Waals surface area contributed by atoms with E-state index in [9.17, 15) is 9.59 Å². The van der Waals surface area contributed by atoms with E-state index in [0.29, 0.717) is 25.6 Å². The molecule has 1 aliphatic heterocycles. The number of aryl methyl sites for hydroxylation is 1. The fraction of sp³-hybridized carbons (Fsp3) is 0.0769. The summed E-state index contributed by atoms with van der Waals surface area (Å²) in [5, 5.41) is 0.552. The first-order chi connectivity index (χ1) is 16.9. The van der Waals surface area contributed by atoms with Crippen LogP contribution in [0, 0.1) is 6.92 Å². The standard InChI is InChI=1S/C26H18ClN3O3S2/c1-16-8-2-5-11-20(16)33-23-18(24(31)29-13-7-6-12-22(29)28-23)14-21-25(32)30(26(34)35-21)15-17-9-3-4-10-19(17)27/h2-14H,15H2,1H3/b21-14+. The summed E-state index contributed by atoms with van der Waals surface area (Å²) >= 11 is 12.9. The van der Waals surface area contributed by atoms with Gasteiger partial charge >= 0.3 is 0 Å². The first-order valence-electron chi connectivity index (χ1n) is 10.7. The number of hydrogen-bond acceptors (Lipinski definition) is 6. The average molecular weight is 520 g/mol. The van der Waals surface area contributed by atoms with Crippen LogP contribution < -0.4 is 10.3 Å². The van der Waals surface area contributed by atoms with Gasteiger partial charge in [0, 0.05) is 11.2 Å². The van der Waals surface area contributed by atoms with Crippen molar-refractivity contribution in [3.05, 3.63) is 110 Å². The molecular formula is C26H18ClN3O3S2. The molecule has 2 aromatic carbocycles. The number of thiocarbonyl (C=S) groups is 1. The van der Waals surface area contributed by atoms with Gasteiger partial charge in [0.15, 0.2) is 0 Å². The van der Waals surface area contributed by atoms with E-state index in [4.69, 9.17) is 28.6 Å². The smallest absolute Gasteiger partial charge is 0.269 e. The SMILES string of the molecule is Cc1ccccc1Oc1nc2ccccn2c(=O)c1/C=C1/SC(=S)N(Cc2ccccc2Cl)C1=O. The Bertz CT molecular complexity index is 1580. The number of hydrogen-bond donors (Lipinski definition) is 0. The van der Waals surface area contributed by atoms with Crippen molar-refractivity contribution in [3.8, 4) is 11.6 Å². The summed E-state index contributed by atoms with van der Waals surface area (Å²) in [5.74, 6) is 0.381. The van der Waals surface area contributed by atoms with E-state index in [1.165, 1.54) is 15.4 Å². The fourth-order valence-corrected chi connectivity index (χ4v) is 5.06. The molecule has 0 saturated carbocycles. The second-order valence-corrected chi connectivity index (χ2v) is 9.87. The molecule has 0 atom stereocenters. The van der Waals surface area contributed by atoms with E-state index in [1.807, 2.05) is 43.3 Å². The Kier molecular flexibility index (Phi) is 6.42. The summed E-state index contributed by atoms with van der Waals surface area (Å²) in [7, 11) is 0. The van der Waals surface area contributed by atoms with E-state index >= 15 is 0 Å². The molecule has 9 heteroatoms. The van der Waals surface area contributed by atoms with Crippen LogP contribution in [-0.4, -0.2) is 24.5 Å². The van der Waals surface area contributed by atoms with Crippen LogP contribution in [0.3, 0.4) is 0 Å². The number of carbonyl (C=O) groups is 1. The molecule has 0 bridgehead atoms. The summed E-state index contributed by atoms with van der Waals surface area (Å²) < 4.78 is 7.89. The lowest BCUT2D eigenvalue weighted by Gasteiger charge is -2.15. The molecule has 6 nitrogen and oxygen atoms in total. The van der Waals surface area contributed by atoms with Crippen molar-refractivity contribution in [1.29, 1.82) is 0 Å². The maximum Gasteiger partial charge on any atom is 0.269 e. The lowest BCUT2D eigenvalue weighted by Crippen LogP contribution is -2.27. The maximum absolute atomic E-state index is 13.4. The van der Waals surface area contributed by atoms with Gasteiger partial charge in [0.1, 0.15) is 21.3 Å². The van der Waals surface area contributed by atoms with E-state index < -0.39 is 0 Å². The first kappa shape index (κ1) is 23.3. The van der Waals surface area contributed by atoms with Crippen molar-refractivity contribution in [1.82, 2.24) is 14.3 Å². The molecule has 0 spiro atoms. The molecule has 5 rings (SSSR count). The normalized spacial score (nSPS) is 14.8. The molecule has 4 aromatic rings. The topological polar surface area (TPSA) is 63.9 Å². The largest absolute Gasteiger partial charge is 0.438 e. The molecule has 35 heavy (non-hydrogen) atoms. The number of halogens is 1. The van der Waals surface area contributed by atoms with Gasteiger partial charge in [-0.05, 0) is 48.4 Å². The fourth-order valence-electron chi connectivity index (χ4n) is 3.62. The Morgan fingerprint density at radius 3 is 2.60 bits per heavy atom. The Hall–Kier alpha value is -3.46. The van der Waals surface area contributed by atoms with Gasteiger partial charge in [0.2, 0.25) is 5.88 Å². The molecule has 0 aliphatic carbocycles. The zero-order valence-electron chi connectivity index (χ0n) is 18.5. The highest BCUT2D eigenvalue weighted by molar-refractivity contribution is 8.26. The van der Waals surface area contributed by atoms with Gasteiger partial charge in [0.05, 0.1) is 11.4 Å². The Labute approximate surface area is 215 Å². The molecular weight excluding hydrogens is 502 g/mol. The summed E-state index contributed by atoms with van der Waals surface area (Å²) in [4.78, 5) is 33.1. The van der Waals surface area contributed by atoms with E-state index in [1.54, 1.807) is 36.5 Å². The van der Waals surface area contributed by atoms with Crippen molar-refractivity contribution in [2.75, 3.05) is 0 Å². The Balaban J connectivity index is 1.58. The van der Waals surface area contributed by atoms with E-state index in [0.717, 1.165) is 22.9 Å².